The molecule has 2 aromatic rings. The number of nitrogens with two attached hydrogens (primary N) is 1. The highest BCUT2D eigenvalue weighted by Gasteiger charge is 2.51. The lowest BCUT2D eigenvalue weighted by molar-refractivity contribution is -0.0991. The zero-order valence-corrected chi connectivity index (χ0v) is 11.5. The molecule has 0 unspecified atom stereocenters. The van der Waals surface area contributed by atoms with E-state index >= 15 is 0 Å². The monoisotopic (exact) mass is 297 g/mol. The second-order valence-corrected chi connectivity index (χ2v) is 5.95. The zero-order valence-electron chi connectivity index (χ0n) is 10.7. The Morgan fingerprint density at radius 1 is 1.45 bits per heavy atom. The fraction of sp³-hybridized carbons (Fsp3) is 0.500. The summed E-state index contributed by atoms with van der Waals surface area (Å²) in [7, 11) is 0. The molecule has 20 heavy (non-hydrogen) atoms. The summed E-state index contributed by atoms with van der Waals surface area (Å²) in [5.74, 6) is 0.365. The van der Waals surface area contributed by atoms with Crippen LogP contribution in [0.5, 0.6) is 0 Å². The second-order valence-electron chi connectivity index (χ2n) is 5.07. The van der Waals surface area contributed by atoms with Gasteiger partial charge in [-0.2, -0.15) is 0 Å². The van der Waals surface area contributed by atoms with Crippen molar-refractivity contribution in [3.05, 3.63) is 17.3 Å². The van der Waals surface area contributed by atoms with Crippen LogP contribution >= 0.6 is 11.3 Å². The molecule has 1 aliphatic rings. The summed E-state index contributed by atoms with van der Waals surface area (Å²) >= 11 is 1.35. The third-order valence-corrected chi connectivity index (χ3v) is 4.69. The van der Waals surface area contributed by atoms with Gasteiger partial charge in [-0.15, -0.1) is 11.3 Å². The molecule has 0 radical (unpaired) electrons. The zero-order chi connectivity index (χ0) is 14.5. The lowest BCUT2D eigenvalue weighted by Gasteiger charge is -2.24. The van der Waals surface area contributed by atoms with Crippen LogP contribution in [0, 0.1) is 0 Å². The first-order valence-corrected chi connectivity index (χ1v) is 6.98. The Kier molecular flexibility index (Phi) is 3.14. The Balaban J connectivity index is 2.06. The van der Waals surface area contributed by atoms with E-state index in [2.05, 4.69) is 9.97 Å². The summed E-state index contributed by atoms with van der Waals surface area (Å²) in [6.45, 7) is 1.17. The van der Waals surface area contributed by atoms with E-state index in [0.717, 1.165) is 0 Å². The molecule has 0 aliphatic carbocycles. The van der Waals surface area contributed by atoms with Gasteiger partial charge in [-0.25, -0.2) is 9.97 Å². The van der Waals surface area contributed by atoms with Crippen molar-refractivity contribution in [1.29, 1.82) is 0 Å². The Hall–Kier alpha value is -1.32. The first-order valence-electron chi connectivity index (χ1n) is 6.10. The van der Waals surface area contributed by atoms with Gasteiger partial charge in [0, 0.05) is 5.56 Å². The van der Waals surface area contributed by atoms with Gasteiger partial charge in [0.25, 0.3) is 0 Å². The lowest BCUT2D eigenvalue weighted by Crippen LogP contribution is -2.43. The number of anilines is 1. The predicted molar refractivity (Wildman–Crippen MR) is 73.2 cm³/mol. The highest BCUT2D eigenvalue weighted by molar-refractivity contribution is 7.17. The molecule has 2 aromatic heterocycles. The van der Waals surface area contributed by atoms with Crippen molar-refractivity contribution in [3.63, 3.8) is 0 Å². The average molecular weight is 297 g/mol. The van der Waals surface area contributed by atoms with Crippen LogP contribution in [0.4, 0.5) is 5.82 Å². The topological polar surface area (TPSA) is 122 Å². The van der Waals surface area contributed by atoms with E-state index in [-0.39, 0.29) is 6.61 Å². The summed E-state index contributed by atoms with van der Waals surface area (Å²) in [5.41, 5.74) is 5.82. The van der Waals surface area contributed by atoms with E-state index in [1.165, 1.54) is 17.7 Å². The summed E-state index contributed by atoms with van der Waals surface area (Å²) in [4.78, 5) is 8.07. The van der Waals surface area contributed by atoms with Crippen LogP contribution in [0.25, 0.3) is 10.2 Å². The van der Waals surface area contributed by atoms with Crippen LogP contribution in [0.2, 0.25) is 0 Å². The van der Waals surface area contributed by atoms with Crippen LogP contribution in [0.15, 0.2) is 11.7 Å². The Labute approximate surface area is 118 Å². The first-order chi connectivity index (χ1) is 9.48. The normalized spacial score (nSPS) is 33.9. The molecule has 1 saturated heterocycles. The maximum atomic E-state index is 10.2. The van der Waals surface area contributed by atoms with Crippen molar-refractivity contribution in [1.82, 2.24) is 9.97 Å². The maximum Gasteiger partial charge on any atom is 0.144 e. The molecule has 108 valence electrons. The smallest absolute Gasteiger partial charge is 0.144 e. The number of ether oxygens (including phenoxy) is 1. The molecule has 5 N–H and O–H groups in total. The number of thiophene rings is 1. The number of rotatable bonds is 2. The molecule has 3 heterocycles. The SMILES string of the molecule is C[C@]1(CO)O[C@@H](c2csc3c(N)ncnc23)[C@H](O)[C@@H]1O. The van der Waals surface area contributed by atoms with E-state index in [4.69, 9.17) is 10.5 Å². The number of fused-ring (bicyclic) bond motifs is 1. The van der Waals surface area contributed by atoms with Crippen molar-refractivity contribution < 1.29 is 20.1 Å². The van der Waals surface area contributed by atoms with Crippen LogP contribution < -0.4 is 5.73 Å². The largest absolute Gasteiger partial charge is 0.393 e. The lowest BCUT2D eigenvalue weighted by atomic mass is 9.96. The minimum atomic E-state index is -1.20. The Morgan fingerprint density at radius 3 is 2.85 bits per heavy atom. The minimum absolute atomic E-state index is 0.365. The van der Waals surface area contributed by atoms with E-state index in [9.17, 15) is 15.3 Å². The molecular weight excluding hydrogens is 282 g/mol. The van der Waals surface area contributed by atoms with E-state index in [0.29, 0.717) is 21.6 Å². The van der Waals surface area contributed by atoms with Crippen molar-refractivity contribution in [2.75, 3.05) is 12.3 Å². The van der Waals surface area contributed by atoms with Crippen molar-refractivity contribution in [2.24, 2.45) is 0 Å². The van der Waals surface area contributed by atoms with Gasteiger partial charge in [-0.1, -0.05) is 0 Å². The summed E-state index contributed by atoms with van der Waals surface area (Å²) in [6.07, 6.45) is -1.73. The molecule has 1 aliphatic heterocycles. The Morgan fingerprint density at radius 2 is 2.20 bits per heavy atom. The van der Waals surface area contributed by atoms with Crippen LogP contribution in [-0.4, -0.2) is 49.7 Å². The van der Waals surface area contributed by atoms with Crippen molar-refractivity contribution in [2.45, 2.75) is 30.8 Å². The molecule has 4 atom stereocenters. The third-order valence-electron chi connectivity index (χ3n) is 3.68. The second kappa shape index (κ2) is 4.61. The standard InChI is InChI=1S/C12H15N3O4S/c1-12(3-16)10(18)7(17)8(19-12)5-2-20-9-6(5)14-4-15-11(9)13/h2,4,7-8,10,16-18H,3H2,1H3,(H2,13,14,15)/t7-,8-,10-,12+/m0/s1. The van der Waals surface area contributed by atoms with Gasteiger partial charge in [-0.3, -0.25) is 0 Å². The molecular formula is C12H15N3O4S. The van der Waals surface area contributed by atoms with Gasteiger partial charge >= 0.3 is 0 Å². The Bertz CT molecular complexity index is 649. The van der Waals surface area contributed by atoms with E-state index in [1.54, 1.807) is 12.3 Å². The number of aromatic nitrogens is 2. The molecule has 0 saturated carbocycles. The van der Waals surface area contributed by atoms with E-state index < -0.39 is 23.9 Å². The van der Waals surface area contributed by atoms with Gasteiger partial charge < -0.3 is 25.8 Å². The van der Waals surface area contributed by atoms with Gasteiger partial charge in [0.2, 0.25) is 0 Å². The van der Waals surface area contributed by atoms with Crippen molar-refractivity contribution >= 4 is 27.4 Å². The van der Waals surface area contributed by atoms with Gasteiger partial charge in [0.15, 0.2) is 0 Å². The number of nitrogens with zero attached hydrogens (tertiary/aromatic N) is 2. The molecule has 8 heteroatoms. The van der Waals surface area contributed by atoms with Crippen LogP contribution in [0.3, 0.4) is 0 Å². The number of aliphatic hydroxyl groups is 3. The molecule has 0 bridgehead atoms. The average Bonchev–Trinajstić information content (AvgIpc) is 2.96. The maximum absolute atomic E-state index is 10.2. The van der Waals surface area contributed by atoms with E-state index in [1.807, 2.05) is 0 Å². The highest BCUT2D eigenvalue weighted by atomic mass is 32.1. The van der Waals surface area contributed by atoms with Crippen LogP contribution in [-0.2, 0) is 4.74 Å². The third kappa shape index (κ3) is 1.80. The summed E-state index contributed by atoms with van der Waals surface area (Å²) < 4.78 is 6.38. The molecule has 0 amide bonds. The number of hydrogen-bond acceptors (Lipinski definition) is 8. The van der Waals surface area contributed by atoms with Gasteiger partial charge in [0.1, 0.15) is 36.1 Å². The number of aliphatic hydroxyl groups excluding tert-OH is 3. The number of nitrogen functional groups attached to an aromatic ring is 1. The fourth-order valence-corrected chi connectivity index (χ4v) is 3.37. The molecule has 0 aromatic carbocycles. The summed E-state index contributed by atoms with van der Waals surface area (Å²) in [6, 6.07) is 0. The fourth-order valence-electron chi connectivity index (χ4n) is 2.42. The van der Waals surface area contributed by atoms with Gasteiger partial charge in [-0.05, 0) is 12.3 Å². The van der Waals surface area contributed by atoms with Crippen LogP contribution in [0.1, 0.15) is 18.6 Å². The molecule has 3 rings (SSSR count). The highest BCUT2D eigenvalue weighted by Crippen LogP contribution is 2.43. The molecule has 0 spiro atoms. The minimum Gasteiger partial charge on any atom is -0.393 e. The predicted octanol–water partition coefficient (Wildman–Crippen LogP) is -0.182. The molecule has 7 nitrogen and oxygen atoms in total. The van der Waals surface area contributed by atoms with Crippen molar-refractivity contribution in [3.8, 4) is 0 Å². The van der Waals surface area contributed by atoms with Gasteiger partial charge in [0.05, 0.1) is 16.8 Å². The quantitative estimate of drug-likeness (QED) is 0.606. The number of hydrogen-bond donors (Lipinski definition) is 4. The first kappa shape index (κ1) is 13.7. The summed E-state index contributed by atoms with van der Waals surface area (Å²) in [5, 5.41) is 31.3. The molecule has 1 fully saturated rings.